The predicted molar refractivity (Wildman–Crippen MR) is 101 cm³/mol. The topological polar surface area (TPSA) is 79.3 Å². The van der Waals surface area contributed by atoms with Gasteiger partial charge in [-0.2, -0.15) is 0 Å². The van der Waals surface area contributed by atoms with Crippen molar-refractivity contribution in [2.45, 2.75) is 58.5 Å². The van der Waals surface area contributed by atoms with Gasteiger partial charge in [-0.1, -0.05) is 30.3 Å². The summed E-state index contributed by atoms with van der Waals surface area (Å²) in [5, 5.41) is 10.6. The van der Waals surface area contributed by atoms with Gasteiger partial charge < -0.3 is 19.5 Å². The summed E-state index contributed by atoms with van der Waals surface area (Å²) in [6.07, 6.45) is -0.955. The fraction of sp³-hybridized carbons (Fsp3) is 0.600. The largest absolute Gasteiger partial charge is 0.445 e. The van der Waals surface area contributed by atoms with Crippen LogP contribution in [0.2, 0.25) is 0 Å². The Morgan fingerprint density at radius 3 is 2.26 bits per heavy atom. The lowest BCUT2D eigenvalue weighted by molar-refractivity contribution is -0.0577. The van der Waals surface area contributed by atoms with Gasteiger partial charge in [0.1, 0.15) is 12.2 Å². The number of carbonyl (C=O) groups is 2. The predicted octanol–water partition coefficient (Wildman–Crippen LogP) is 3.02. The molecule has 2 rings (SSSR count). The summed E-state index contributed by atoms with van der Waals surface area (Å²) < 4.78 is 10.8. The summed E-state index contributed by atoms with van der Waals surface area (Å²) in [5.41, 5.74) is -0.919. The molecule has 27 heavy (non-hydrogen) atoms. The van der Waals surface area contributed by atoms with Gasteiger partial charge >= 0.3 is 12.2 Å². The molecule has 150 valence electrons. The van der Waals surface area contributed by atoms with E-state index in [1.807, 2.05) is 30.3 Å². The highest BCUT2D eigenvalue weighted by atomic mass is 16.6. The second kappa shape index (κ2) is 8.17. The molecule has 0 radical (unpaired) electrons. The molecule has 1 aliphatic heterocycles. The van der Waals surface area contributed by atoms with Gasteiger partial charge in [0.15, 0.2) is 0 Å². The zero-order chi connectivity index (χ0) is 20.2. The highest BCUT2D eigenvalue weighted by molar-refractivity contribution is 5.71. The molecular weight excluding hydrogens is 348 g/mol. The number of aliphatic hydroxyl groups is 1. The number of amides is 2. The first-order valence-corrected chi connectivity index (χ1v) is 9.15. The molecule has 1 saturated heterocycles. The monoisotopic (exact) mass is 378 g/mol. The van der Waals surface area contributed by atoms with Gasteiger partial charge in [-0.05, 0) is 40.2 Å². The van der Waals surface area contributed by atoms with Gasteiger partial charge in [0.2, 0.25) is 0 Å². The van der Waals surface area contributed by atoms with Crippen LogP contribution in [0.25, 0.3) is 0 Å². The van der Waals surface area contributed by atoms with Crippen LogP contribution in [0.4, 0.5) is 9.59 Å². The third-order valence-electron chi connectivity index (χ3n) is 4.29. The smallest absolute Gasteiger partial charge is 0.410 e. The number of ether oxygens (including phenoxy) is 2. The number of carbonyl (C=O) groups excluding carboxylic acids is 2. The van der Waals surface area contributed by atoms with E-state index in [0.29, 0.717) is 6.54 Å². The molecule has 7 heteroatoms. The van der Waals surface area contributed by atoms with E-state index in [2.05, 4.69) is 0 Å². The summed E-state index contributed by atoms with van der Waals surface area (Å²) in [7, 11) is 0. The van der Waals surface area contributed by atoms with Gasteiger partial charge in [-0.15, -0.1) is 0 Å². The Morgan fingerprint density at radius 1 is 1.07 bits per heavy atom. The number of piperazine rings is 1. The van der Waals surface area contributed by atoms with Crippen LogP contribution in [0.1, 0.15) is 40.2 Å². The minimum Gasteiger partial charge on any atom is -0.445 e. The Hall–Kier alpha value is -2.28. The maximum absolute atomic E-state index is 12.6. The number of hydrogen-bond acceptors (Lipinski definition) is 5. The molecule has 1 heterocycles. The van der Waals surface area contributed by atoms with E-state index in [9.17, 15) is 14.7 Å². The van der Waals surface area contributed by atoms with Crippen molar-refractivity contribution in [3.8, 4) is 0 Å². The fourth-order valence-electron chi connectivity index (χ4n) is 2.90. The summed E-state index contributed by atoms with van der Waals surface area (Å²) in [4.78, 5) is 28.0. The Bertz CT molecular complexity index is 649. The van der Waals surface area contributed by atoms with E-state index in [-0.39, 0.29) is 19.7 Å². The van der Waals surface area contributed by atoms with Gasteiger partial charge in [0, 0.05) is 19.6 Å². The second-order valence-electron chi connectivity index (χ2n) is 8.33. The van der Waals surface area contributed by atoms with Crippen LogP contribution in [0.3, 0.4) is 0 Å². The summed E-state index contributed by atoms with van der Waals surface area (Å²) >= 11 is 0. The van der Waals surface area contributed by atoms with Crippen LogP contribution >= 0.6 is 0 Å². The molecule has 1 aliphatic rings. The Kier molecular flexibility index (Phi) is 6.36. The molecule has 0 aliphatic carbocycles. The average Bonchev–Trinajstić information content (AvgIpc) is 2.58. The van der Waals surface area contributed by atoms with E-state index in [1.165, 1.54) is 9.80 Å². The highest BCUT2D eigenvalue weighted by Crippen LogP contribution is 2.23. The van der Waals surface area contributed by atoms with E-state index in [0.717, 1.165) is 5.56 Å². The van der Waals surface area contributed by atoms with E-state index < -0.39 is 29.4 Å². The summed E-state index contributed by atoms with van der Waals surface area (Å²) in [6, 6.07) is 8.81. The second-order valence-corrected chi connectivity index (χ2v) is 8.33. The first kappa shape index (κ1) is 21.0. The third-order valence-corrected chi connectivity index (χ3v) is 4.29. The number of nitrogens with zero attached hydrogens (tertiary/aromatic N) is 2. The van der Waals surface area contributed by atoms with E-state index in [1.54, 1.807) is 34.6 Å². The van der Waals surface area contributed by atoms with E-state index >= 15 is 0 Å². The third kappa shape index (κ3) is 6.13. The Labute approximate surface area is 160 Å². The number of benzene rings is 1. The van der Waals surface area contributed by atoms with Crippen LogP contribution in [-0.2, 0) is 16.1 Å². The zero-order valence-corrected chi connectivity index (χ0v) is 16.8. The zero-order valence-electron chi connectivity index (χ0n) is 16.8. The van der Waals surface area contributed by atoms with Crippen LogP contribution in [0.15, 0.2) is 30.3 Å². The Balaban J connectivity index is 2.04. The fourth-order valence-corrected chi connectivity index (χ4v) is 2.90. The molecule has 1 fully saturated rings. The molecular formula is C20H30N2O5. The molecule has 0 saturated carbocycles. The molecule has 1 atom stereocenters. The minimum absolute atomic E-state index is 0.157. The van der Waals surface area contributed by atoms with Crippen LogP contribution in [0.5, 0.6) is 0 Å². The van der Waals surface area contributed by atoms with Crippen molar-refractivity contribution in [2.24, 2.45) is 0 Å². The van der Waals surface area contributed by atoms with Crippen molar-refractivity contribution >= 4 is 12.2 Å². The minimum atomic E-state index is -1.20. The summed E-state index contributed by atoms with van der Waals surface area (Å²) in [6.45, 7) is 9.56. The lowest BCUT2D eigenvalue weighted by Gasteiger charge is -2.45. The summed E-state index contributed by atoms with van der Waals surface area (Å²) in [5.74, 6) is 0. The molecule has 1 aromatic rings. The molecule has 1 N–H and O–H groups in total. The number of hydrogen-bond donors (Lipinski definition) is 1. The quantitative estimate of drug-likeness (QED) is 0.875. The normalized spacial score (nSPS) is 18.2. The first-order valence-electron chi connectivity index (χ1n) is 9.15. The van der Waals surface area contributed by atoms with Crippen molar-refractivity contribution < 1.29 is 24.2 Å². The van der Waals surface area contributed by atoms with Crippen molar-refractivity contribution in [3.63, 3.8) is 0 Å². The van der Waals surface area contributed by atoms with Crippen LogP contribution in [-0.4, -0.2) is 64.0 Å². The van der Waals surface area contributed by atoms with Crippen molar-refractivity contribution in [1.82, 2.24) is 9.80 Å². The highest BCUT2D eigenvalue weighted by Gasteiger charge is 2.42. The molecule has 0 bridgehead atoms. The molecule has 7 nitrogen and oxygen atoms in total. The van der Waals surface area contributed by atoms with Crippen molar-refractivity contribution in [1.29, 1.82) is 0 Å². The molecule has 1 unspecified atom stereocenters. The number of rotatable bonds is 3. The lowest BCUT2D eigenvalue weighted by atomic mass is 9.95. The molecule has 0 spiro atoms. The van der Waals surface area contributed by atoms with Gasteiger partial charge in [-0.3, -0.25) is 4.90 Å². The van der Waals surface area contributed by atoms with Crippen LogP contribution < -0.4 is 0 Å². The van der Waals surface area contributed by atoms with Crippen LogP contribution in [0, 0.1) is 0 Å². The SMILES string of the molecule is CC(C)(C)OC(=O)N1CCN(C(=O)OCc2ccccc2)C(C(C)(C)O)C1. The van der Waals surface area contributed by atoms with Crippen molar-refractivity contribution in [3.05, 3.63) is 35.9 Å². The van der Waals surface area contributed by atoms with Gasteiger partial charge in [0.05, 0.1) is 11.6 Å². The lowest BCUT2D eigenvalue weighted by Crippen LogP contribution is -2.63. The molecule has 0 aromatic heterocycles. The molecule has 2 amide bonds. The average molecular weight is 378 g/mol. The van der Waals surface area contributed by atoms with Gasteiger partial charge in [0.25, 0.3) is 0 Å². The van der Waals surface area contributed by atoms with Gasteiger partial charge in [-0.25, -0.2) is 9.59 Å². The maximum atomic E-state index is 12.6. The van der Waals surface area contributed by atoms with E-state index in [4.69, 9.17) is 9.47 Å². The first-order chi connectivity index (χ1) is 12.5. The molecule has 1 aromatic carbocycles. The maximum Gasteiger partial charge on any atom is 0.410 e. The van der Waals surface area contributed by atoms with Crippen molar-refractivity contribution in [2.75, 3.05) is 19.6 Å². The standard InChI is InChI=1S/C20H30N2O5/c1-19(2,3)27-17(23)21-11-12-22(16(13-21)20(4,5)25)18(24)26-14-15-9-7-6-8-10-15/h6-10,16,25H,11-14H2,1-5H3. The Morgan fingerprint density at radius 2 is 1.70 bits per heavy atom.